The number of amides is 3. The number of nitrogens with zero attached hydrogens (tertiary/aromatic N) is 1. The molecule has 2 aromatic rings. The van der Waals surface area contributed by atoms with Crippen molar-refractivity contribution in [3.63, 3.8) is 0 Å². The molecule has 7 atom stereocenters. The van der Waals surface area contributed by atoms with Crippen molar-refractivity contribution >= 4 is 35.4 Å². The van der Waals surface area contributed by atoms with Gasteiger partial charge in [0.15, 0.2) is 0 Å². The van der Waals surface area contributed by atoms with E-state index in [0.717, 1.165) is 54.4 Å². The molecule has 12 nitrogen and oxygen atoms in total. The van der Waals surface area contributed by atoms with Gasteiger partial charge in [-0.25, -0.2) is 9.59 Å². The molecule has 2 aromatic carbocycles. The maximum atomic E-state index is 14.3. The van der Waals surface area contributed by atoms with E-state index in [9.17, 15) is 29.1 Å². The lowest BCUT2D eigenvalue weighted by molar-refractivity contribution is -0.148. The third-order valence-electron chi connectivity index (χ3n) is 11.5. The Balaban J connectivity index is 1.25. The summed E-state index contributed by atoms with van der Waals surface area (Å²) in [5, 5.41) is 23.1. The zero-order chi connectivity index (χ0) is 38.1. The third-order valence-corrected chi connectivity index (χ3v) is 11.5. The first kappa shape index (κ1) is 37.7. The average molecular weight is 727 g/mol. The molecule has 4 aliphatic carbocycles. The summed E-state index contributed by atoms with van der Waals surface area (Å²) in [5.41, 5.74) is 2.22. The largest absolute Gasteiger partial charge is 0.479 e. The molecule has 0 bridgehead atoms. The number of fused-ring (bicyclic) bond motifs is 3. The maximum absolute atomic E-state index is 14.3. The van der Waals surface area contributed by atoms with Crippen molar-refractivity contribution in [1.29, 1.82) is 0 Å². The Morgan fingerprint density at radius 2 is 1.45 bits per heavy atom. The van der Waals surface area contributed by atoms with E-state index < -0.39 is 76.6 Å². The van der Waals surface area contributed by atoms with Crippen LogP contribution in [0.2, 0.25) is 0 Å². The average Bonchev–Trinajstić information content (AvgIpc) is 3.54. The van der Waals surface area contributed by atoms with Gasteiger partial charge in [0.2, 0.25) is 17.7 Å². The van der Waals surface area contributed by atoms with Crippen molar-refractivity contribution in [3.05, 3.63) is 72.3 Å². The summed E-state index contributed by atoms with van der Waals surface area (Å²) in [6.07, 6.45) is 5.74. The van der Waals surface area contributed by atoms with Crippen LogP contribution in [0.5, 0.6) is 0 Å². The van der Waals surface area contributed by atoms with Crippen LogP contribution in [0.25, 0.3) is 11.1 Å². The molecule has 0 spiro atoms. The number of aliphatic carboxylic acids is 1. The molecule has 282 valence electrons. The summed E-state index contributed by atoms with van der Waals surface area (Å²) in [6, 6.07) is 13.8. The lowest BCUT2D eigenvalue weighted by atomic mass is 9.82. The number of oxime groups is 1. The minimum atomic E-state index is -1.49. The molecule has 3 fully saturated rings. The highest BCUT2D eigenvalue weighted by Crippen LogP contribution is 2.46. The van der Waals surface area contributed by atoms with Crippen LogP contribution in [0.4, 0.5) is 0 Å². The Morgan fingerprint density at radius 1 is 0.887 bits per heavy atom. The molecule has 12 heteroatoms. The normalized spacial score (nSPS) is 25.8. The van der Waals surface area contributed by atoms with E-state index in [1.54, 1.807) is 0 Å². The van der Waals surface area contributed by atoms with Crippen molar-refractivity contribution in [2.45, 2.75) is 95.9 Å². The highest BCUT2D eigenvalue weighted by Gasteiger charge is 2.61. The van der Waals surface area contributed by atoms with Crippen molar-refractivity contribution < 1.29 is 38.7 Å². The van der Waals surface area contributed by atoms with E-state index in [-0.39, 0.29) is 25.2 Å². The third kappa shape index (κ3) is 7.59. The second kappa shape index (κ2) is 15.2. The smallest absolute Gasteiger partial charge is 0.330 e. The second-order valence-corrected chi connectivity index (χ2v) is 16.0. The number of esters is 1. The van der Waals surface area contributed by atoms with Gasteiger partial charge in [0.25, 0.3) is 0 Å². The fraction of sp³-hybridized carbons (Fsp3) is 0.512. The Kier molecular flexibility index (Phi) is 10.8. The predicted molar refractivity (Wildman–Crippen MR) is 197 cm³/mol. The summed E-state index contributed by atoms with van der Waals surface area (Å²) in [6.45, 7) is 9.14. The minimum absolute atomic E-state index is 0.0823. The van der Waals surface area contributed by atoms with Crippen molar-refractivity contribution in [2.24, 2.45) is 34.2 Å². The van der Waals surface area contributed by atoms with Crippen LogP contribution in [0.15, 0.2) is 66.3 Å². The van der Waals surface area contributed by atoms with E-state index in [0.29, 0.717) is 5.71 Å². The topological polar surface area (TPSA) is 172 Å². The molecule has 0 heterocycles. The molecule has 0 radical (unpaired) electrons. The first-order chi connectivity index (χ1) is 25.3. The predicted octanol–water partition coefficient (Wildman–Crippen LogP) is 4.75. The molecule has 0 saturated heterocycles. The summed E-state index contributed by atoms with van der Waals surface area (Å²) in [7, 11) is 1.29. The van der Waals surface area contributed by atoms with E-state index in [1.807, 2.05) is 69.3 Å². The molecule has 3 amide bonds. The Labute approximate surface area is 310 Å². The van der Waals surface area contributed by atoms with Crippen molar-refractivity contribution in [2.75, 3.05) is 7.11 Å². The fourth-order valence-electron chi connectivity index (χ4n) is 8.33. The van der Waals surface area contributed by atoms with Gasteiger partial charge < -0.3 is 30.6 Å². The highest BCUT2D eigenvalue weighted by molar-refractivity contribution is 6.24. The van der Waals surface area contributed by atoms with Gasteiger partial charge in [-0.3, -0.25) is 14.4 Å². The molecule has 4 N–H and O–H groups in total. The van der Waals surface area contributed by atoms with Crippen LogP contribution in [0.3, 0.4) is 0 Å². The van der Waals surface area contributed by atoms with Gasteiger partial charge in [0.1, 0.15) is 29.4 Å². The Hall–Kier alpha value is -5.00. The minimum Gasteiger partial charge on any atom is -0.479 e. The molecule has 4 aliphatic rings. The van der Waals surface area contributed by atoms with Crippen LogP contribution in [0, 0.1) is 29.1 Å². The number of carbonyl (C=O) groups excluding carboxylic acids is 4. The van der Waals surface area contributed by atoms with Gasteiger partial charge in [0, 0.05) is 17.0 Å². The number of ether oxygens (including phenoxy) is 1. The number of rotatable bonds is 12. The first-order valence-corrected chi connectivity index (χ1v) is 18.6. The quantitative estimate of drug-likeness (QED) is 0.118. The van der Waals surface area contributed by atoms with E-state index in [2.05, 4.69) is 27.7 Å². The molecular formula is C41H50N4O8. The van der Waals surface area contributed by atoms with Crippen molar-refractivity contribution in [1.82, 2.24) is 16.0 Å². The zero-order valence-corrected chi connectivity index (χ0v) is 30.9. The molecule has 0 unspecified atom stereocenters. The standard InChI is InChI=1S/C41H50N4O8/c1-6-24-22-41(24,39(50)51)44-36(47)31-21-25(53-45-33-28-18-12-10-16-26(28)27-17-11-13-19-29(27)33)20-30(31)35(46)43-34(40(2,3)4)37(48)42-32(38(49)52-5)23-14-8-7-9-15-23/h6,10-13,16-19,23-25,30-32,34H,1,7-9,14-15,20-22H2,2-5H3,(H,42,48)(H,43,46)(H,44,47)(H,50,51)/t24-,25+,30-,31-,32-,34+,41-/m1/s1. The molecule has 0 aliphatic heterocycles. The monoisotopic (exact) mass is 726 g/mol. The fourth-order valence-corrected chi connectivity index (χ4v) is 8.33. The summed E-state index contributed by atoms with van der Waals surface area (Å²) < 4.78 is 5.06. The van der Waals surface area contributed by atoms with Gasteiger partial charge in [-0.2, -0.15) is 0 Å². The number of hydrogen-bond acceptors (Lipinski definition) is 8. The lowest BCUT2D eigenvalue weighted by Crippen LogP contribution is -2.59. The summed E-state index contributed by atoms with van der Waals surface area (Å²) in [5.74, 6) is -5.84. The van der Waals surface area contributed by atoms with E-state index in [1.165, 1.54) is 13.2 Å². The second-order valence-electron chi connectivity index (χ2n) is 16.0. The van der Waals surface area contributed by atoms with Gasteiger partial charge in [-0.15, -0.1) is 6.58 Å². The van der Waals surface area contributed by atoms with Crippen LogP contribution in [-0.4, -0.2) is 71.3 Å². The number of methoxy groups -OCH3 is 1. The number of hydrogen-bond donors (Lipinski definition) is 4. The Morgan fingerprint density at radius 3 is 1.96 bits per heavy atom. The zero-order valence-electron chi connectivity index (χ0n) is 30.9. The van der Waals surface area contributed by atoms with Crippen LogP contribution >= 0.6 is 0 Å². The summed E-state index contributed by atoms with van der Waals surface area (Å²) in [4.78, 5) is 73.5. The number of carbonyl (C=O) groups is 5. The summed E-state index contributed by atoms with van der Waals surface area (Å²) >= 11 is 0. The highest BCUT2D eigenvalue weighted by atomic mass is 16.6. The van der Waals surface area contributed by atoms with Gasteiger partial charge in [0.05, 0.1) is 18.9 Å². The molecule has 0 aromatic heterocycles. The van der Waals surface area contributed by atoms with Gasteiger partial charge in [-0.05, 0) is 54.6 Å². The molecule has 6 rings (SSSR count). The van der Waals surface area contributed by atoms with E-state index >= 15 is 0 Å². The molecule has 53 heavy (non-hydrogen) atoms. The number of benzene rings is 2. The van der Waals surface area contributed by atoms with Crippen LogP contribution in [0.1, 0.15) is 83.3 Å². The van der Waals surface area contributed by atoms with E-state index in [4.69, 9.17) is 9.57 Å². The van der Waals surface area contributed by atoms with Crippen molar-refractivity contribution in [3.8, 4) is 11.1 Å². The SMILES string of the molecule is C=C[C@@H]1C[C@]1(NC(=O)[C@@H]1C[C@@H](ON=C2c3ccccc3-c3ccccc32)C[C@H]1C(=O)N[C@@H](C(=O)N[C@@H](C(=O)OC)C1CCCCC1)C(C)(C)C)C(=O)O. The first-order valence-electron chi connectivity index (χ1n) is 18.6. The number of carboxylic acids is 1. The number of nitrogens with one attached hydrogen (secondary N) is 3. The van der Waals surface area contributed by atoms with Crippen LogP contribution in [-0.2, 0) is 33.5 Å². The van der Waals surface area contributed by atoms with Gasteiger partial charge in [-0.1, -0.05) is 99.8 Å². The lowest BCUT2D eigenvalue weighted by Gasteiger charge is -2.35. The Bertz CT molecular complexity index is 1760. The van der Waals surface area contributed by atoms with Gasteiger partial charge >= 0.3 is 11.9 Å². The maximum Gasteiger partial charge on any atom is 0.330 e. The molecule has 3 saturated carbocycles. The molecular weight excluding hydrogens is 676 g/mol. The van der Waals surface area contributed by atoms with Crippen LogP contribution < -0.4 is 16.0 Å². The number of carboxylic acid groups (broad SMARTS) is 1.